The van der Waals surface area contributed by atoms with Gasteiger partial charge < -0.3 is 10.0 Å². The number of hydrogen-bond acceptors (Lipinski definition) is 2. The molecule has 84 valence electrons. The number of carbonyl (C=O) groups is 2. The molecule has 0 heterocycles. The Hall–Kier alpha value is -1.06. The van der Waals surface area contributed by atoms with Gasteiger partial charge in [0.25, 0.3) is 0 Å². The maximum absolute atomic E-state index is 12.0. The Morgan fingerprint density at radius 2 is 1.80 bits per heavy atom. The molecule has 0 aliphatic heterocycles. The van der Waals surface area contributed by atoms with Crippen LogP contribution in [-0.2, 0) is 9.59 Å². The molecule has 1 amide bonds. The Morgan fingerprint density at radius 3 is 2.20 bits per heavy atom. The first-order valence-corrected chi connectivity index (χ1v) is 5.58. The van der Waals surface area contributed by atoms with Crippen LogP contribution in [0.5, 0.6) is 0 Å². The van der Waals surface area contributed by atoms with Crippen molar-refractivity contribution in [2.45, 2.75) is 44.6 Å². The molecule has 0 radical (unpaired) electrons. The second-order valence-electron chi connectivity index (χ2n) is 4.74. The Balaban J connectivity index is 2.04. The van der Waals surface area contributed by atoms with E-state index in [9.17, 15) is 9.59 Å². The summed E-state index contributed by atoms with van der Waals surface area (Å²) >= 11 is 0. The van der Waals surface area contributed by atoms with Crippen molar-refractivity contribution < 1.29 is 14.7 Å². The van der Waals surface area contributed by atoms with Gasteiger partial charge in [0.15, 0.2) is 0 Å². The van der Waals surface area contributed by atoms with Crippen LogP contribution in [0.2, 0.25) is 0 Å². The van der Waals surface area contributed by atoms with Crippen molar-refractivity contribution in [3.8, 4) is 0 Å². The number of nitrogens with zero attached hydrogens (tertiary/aromatic N) is 1. The Labute approximate surface area is 89.3 Å². The normalized spacial score (nSPS) is 23.8. The summed E-state index contributed by atoms with van der Waals surface area (Å²) in [7, 11) is 1.75. The highest BCUT2D eigenvalue weighted by Gasteiger charge is 2.58. The van der Waals surface area contributed by atoms with E-state index >= 15 is 0 Å². The van der Waals surface area contributed by atoms with Crippen LogP contribution < -0.4 is 0 Å². The minimum absolute atomic E-state index is 0.179. The number of rotatable bonds is 3. The van der Waals surface area contributed by atoms with Crippen LogP contribution in [0, 0.1) is 5.41 Å². The van der Waals surface area contributed by atoms with Crippen LogP contribution in [0.1, 0.15) is 38.5 Å². The molecule has 2 saturated carbocycles. The first-order valence-electron chi connectivity index (χ1n) is 5.58. The summed E-state index contributed by atoms with van der Waals surface area (Å²) in [6, 6.07) is 0.273. The van der Waals surface area contributed by atoms with Gasteiger partial charge in [0.1, 0.15) is 5.41 Å². The van der Waals surface area contributed by atoms with Crippen molar-refractivity contribution in [1.29, 1.82) is 0 Å². The zero-order valence-corrected chi connectivity index (χ0v) is 9.03. The molecule has 2 aliphatic rings. The maximum Gasteiger partial charge on any atom is 0.319 e. The second-order valence-corrected chi connectivity index (χ2v) is 4.74. The molecule has 4 nitrogen and oxygen atoms in total. The topological polar surface area (TPSA) is 57.6 Å². The predicted molar refractivity (Wildman–Crippen MR) is 54.3 cm³/mol. The Morgan fingerprint density at radius 1 is 1.27 bits per heavy atom. The van der Waals surface area contributed by atoms with Gasteiger partial charge in [-0.05, 0) is 25.7 Å². The maximum atomic E-state index is 12.0. The summed E-state index contributed by atoms with van der Waals surface area (Å²) < 4.78 is 0. The van der Waals surface area contributed by atoms with Gasteiger partial charge in [0.2, 0.25) is 5.91 Å². The lowest BCUT2D eigenvalue weighted by atomic mass is 10.0. The average Bonchev–Trinajstić information content (AvgIpc) is 2.85. The minimum atomic E-state index is -1.06. The van der Waals surface area contributed by atoms with E-state index in [-0.39, 0.29) is 11.9 Å². The molecule has 1 N–H and O–H groups in total. The highest BCUT2D eigenvalue weighted by molar-refractivity contribution is 6.04. The largest absolute Gasteiger partial charge is 0.480 e. The standard InChI is InChI=1S/C11H17NO3/c1-12(8-4-2-3-5-8)9(13)11(6-7-11)10(14)15/h8H,2-7H2,1H3,(H,14,15). The predicted octanol–water partition coefficient (Wildman–Crippen LogP) is 1.25. The van der Waals surface area contributed by atoms with Gasteiger partial charge >= 0.3 is 5.97 Å². The molecule has 15 heavy (non-hydrogen) atoms. The van der Waals surface area contributed by atoms with Gasteiger partial charge in [-0.1, -0.05) is 12.8 Å². The number of carbonyl (C=O) groups excluding carboxylic acids is 1. The molecule has 0 saturated heterocycles. The summed E-state index contributed by atoms with van der Waals surface area (Å²) in [5.74, 6) is -1.13. The summed E-state index contributed by atoms with van der Waals surface area (Å²) in [5, 5.41) is 9.02. The third kappa shape index (κ3) is 1.62. The van der Waals surface area contributed by atoms with Gasteiger partial charge in [-0.25, -0.2) is 0 Å². The average molecular weight is 211 g/mol. The molecule has 0 aromatic rings. The van der Waals surface area contributed by atoms with Crippen LogP contribution in [0.25, 0.3) is 0 Å². The molecule has 2 rings (SSSR count). The van der Waals surface area contributed by atoms with Crippen molar-refractivity contribution in [3.05, 3.63) is 0 Å². The SMILES string of the molecule is CN(C(=O)C1(C(=O)O)CC1)C1CCCC1. The van der Waals surface area contributed by atoms with E-state index in [2.05, 4.69) is 0 Å². The Kier molecular flexibility index (Phi) is 2.44. The van der Waals surface area contributed by atoms with Crippen LogP contribution in [-0.4, -0.2) is 35.0 Å². The van der Waals surface area contributed by atoms with E-state index in [1.54, 1.807) is 11.9 Å². The zero-order chi connectivity index (χ0) is 11.1. The van der Waals surface area contributed by atoms with Gasteiger partial charge in [0.05, 0.1) is 0 Å². The number of carboxylic acid groups (broad SMARTS) is 1. The summed E-state index contributed by atoms with van der Waals surface area (Å²) in [6.45, 7) is 0. The zero-order valence-electron chi connectivity index (χ0n) is 9.03. The fourth-order valence-corrected chi connectivity index (χ4v) is 2.44. The fourth-order valence-electron chi connectivity index (χ4n) is 2.44. The van der Waals surface area contributed by atoms with Crippen molar-refractivity contribution in [1.82, 2.24) is 4.90 Å². The molecule has 0 unspecified atom stereocenters. The molecule has 0 aromatic carbocycles. The second kappa shape index (κ2) is 3.51. The first kappa shape index (κ1) is 10.5. The molecule has 0 aromatic heterocycles. The van der Waals surface area contributed by atoms with Gasteiger partial charge in [-0.3, -0.25) is 9.59 Å². The van der Waals surface area contributed by atoms with Gasteiger partial charge in [-0.15, -0.1) is 0 Å². The van der Waals surface area contributed by atoms with E-state index in [4.69, 9.17) is 5.11 Å². The molecule has 2 aliphatic carbocycles. The lowest BCUT2D eigenvalue weighted by Gasteiger charge is -2.27. The van der Waals surface area contributed by atoms with Crippen molar-refractivity contribution in [3.63, 3.8) is 0 Å². The highest BCUT2D eigenvalue weighted by Crippen LogP contribution is 2.48. The quantitative estimate of drug-likeness (QED) is 0.715. The van der Waals surface area contributed by atoms with E-state index < -0.39 is 11.4 Å². The Bertz CT molecular complexity index is 290. The third-order valence-electron chi connectivity index (χ3n) is 3.76. The van der Waals surface area contributed by atoms with Gasteiger partial charge in [-0.2, -0.15) is 0 Å². The number of carboxylic acids is 1. The van der Waals surface area contributed by atoms with Crippen LogP contribution in [0.4, 0.5) is 0 Å². The molecular formula is C11H17NO3. The summed E-state index contributed by atoms with van der Waals surface area (Å²) in [4.78, 5) is 24.7. The fraction of sp³-hybridized carbons (Fsp3) is 0.818. The molecule has 0 bridgehead atoms. The van der Waals surface area contributed by atoms with E-state index in [0.717, 1.165) is 25.7 Å². The molecule has 0 atom stereocenters. The number of hydrogen-bond donors (Lipinski definition) is 1. The minimum Gasteiger partial charge on any atom is -0.480 e. The van der Waals surface area contributed by atoms with Gasteiger partial charge in [0, 0.05) is 13.1 Å². The monoisotopic (exact) mass is 211 g/mol. The van der Waals surface area contributed by atoms with E-state index in [0.29, 0.717) is 12.8 Å². The molecule has 0 spiro atoms. The number of amides is 1. The van der Waals surface area contributed by atoms with Crippen LogP contribution in [0.15, 0.2) is 0 Å². The van der Waals surface area contributed by atoms with Crippen molar-refractivity contribution in [2.24, 2.45) is 5.41 Å². The molecule has 2 fully saturated rings. The van der Waals surface area contributed by atoms with Crippen LogP contribution in [0.3, 0.4) is 0 Å². The summed E-state index contributed by atoms with van der Waals surface area (Å²) in [5.41, 5.74) is -1.06. The highest BCUT2D eigenvalue weighted by atomic mass is 16.4. The third-order valence-corrected chi connectivity index (χ3v) is 3.76. The smallest absolute Gasteiger partial charge is 0.319 e. The van der Waals surface area contributed by atoms with Crippen molar-refractivity contribution >= 4 is 11.9 Å². The molecular weight excluding hydrogens is 194 g/mol. The number of aliphatic carboxylic acids is 1. The van der Waals surface area contributed by atoms with E-state index in [1.165, 1.54) is 0 Å². The van der Waals surface area contributed by atoms with E-state index in [1.807, 2.05) is 0 Å². The lowest BCUT2D eigenvalue weighted by Crippen LogP contribution is -2.43. The van der Waals surface area contributed by atoms with Crippen molar-refractivity contribution in [2.75, 3.05) is 7.05 Å². The first-order chi connectivity index (χ1) is 7.08. The lowest BCUT2D eigenvalue weighted by molar-refractivity contribution is -0.153. The summed E-state index contributed by atoms with van der Waals surface area (Å²) in [6.07, 6.45) is 5.39. The molecule has 4 heteroatoms. The van der Waals surface area contributed by atoms with Crippen LogP contribution >= 0.6 is 0 Å².